The van der Waals surface area contributed by atoms with Gasteiger partial charge in [0.1, 0.15) is 0 Å². The van der Waals surface area contributed by atoms with Gasteiger partial charge in [-0.1, -0.05) is 0 Å². The van der Waals surface area contributed by atoms with Gasteiger partial charge in [-0.25, -0.2) is 4.79 Å². The quantitative estimate of drug-likeness (QED) is 0.351. The van der Waals surface area contributed by atoms with Crippen LogP contribution in [0, 0.1) is 0 Å². The molecule has 0 fully saturated rings. The van der Waals surface area contributed by atoms with Gasteiger partial charge in [0.2, 0.25) is 0 Å². The summed E-state index contributed by atoms with van der Waals surface area (Å²) in [5, 5.41) is 5.49. The lowest BCUT2D eigenvalue weighted by molar-refractivity contribution is -0.0209. The van der Waals surface area contributed by atoms with E-state index in [-0.39, 0.29) is 18.2 Å². The number of nitrogens with two attached hydrogens (primary N) is 1. The third-order valence-corrected chi connectivity index (χ3v) is 3.25. The average Bonchev–Trinajstić information content (AvgIpc) is 2.56. The van der Waals surface area contributed by atoms with Crippen molar-refractivity contribution in [3.63, 3.8) is 0 Å². The third-order valence-electron chi connectivity index (χ3n) is 3.25. The smallest absolute Gasteiger partial charge is 0.314 e. The number of carbonyl (C=O) groups is 1. The molecule has 4 N–H and O–H groups in total. The average molecular weight is 349 g/mol. The van der Waals surface area contributed by atoms with Gasteiger partial charge in [-0.2, -0.15) is 0 Å². The van der Waals surface area contributed by atoms with E-state index in [1.165, 1.54) is 0 Å². The molecule has 0 aromatic rings. The molecule has 0 saturated carbocycles. The van der Waals surface area contributed by atoms with Gasteiger partial charge in [-0.3, -0.25) is 0 Å². The van der Waals surface area contributed by atoms with Crippen LogP contribution in [0.3, 0.4) is 0 Å². The van der Waals surface area contributed by atoms with E-state index < -0.39 is 0 Å². The van der Waals surface area contributed by atoms with Gasteiger partial charge in [-0.05, 0) is 26.7 Å². The molecule has 2 amide bonds. The van der Waals surface area contributed by atoms with E-state index in [0.29, 0.717) is 52.7 Å². The van der Waals surface area contributed by atoms with Crippen molar-refractivity contribution in [1.82, 2.24) is 10.6 Å². The highest BCUT2D eigenvalue weighted by molar-refractivity contribution is 5.73. The maximum atomic E-state index is 11.5. The minimum Gasteiger partial charge on any atom is -0.385 e. The first-order valence-corrected chi connectivity index (χ1v) is 8.61. The van der Waals surface area contributed by atoms with Gasteiger partial charge in [0.15, 0.2) is 0 Å². The van der Waals surface area contributed by atoms with E-state index in [4.69, 9.17) is 24.7 Å². The number of rotatable bonds is 16. The Morgan fingerprint density at radius 2 is 1.54 bits per heavy atom. The van der Waals surface area contributed by atoms with Crippen LogP contribution >= 0.6 is 0 Å². The molecule has 0 bridgehead atoms. The predicted molar refractivity (Wildman–Crippen MR) is 93.2 cm³/mol. The minimum atomic E-state index is -0.200. The standard InChI is InChI=1S/C16H35N3O5/c1-14(23-12-13-24-15(2)5-9-21-3)4-7-18-16(20)19-8-11-22-10-6-17/h14-15H,4-13,17H2,1-3H3,(H2,18,19,20). The van der Waals surface area contributed by atoms with E-state index >= 15 is 0 Å². The Bertz CT molecular complexity index is 295. The highest BCUT2D eigenvalue weighted by Crippen LogP contribution is 2.00. The second-order valence-electron chi connectivity index (χ2n) is 5.52. The lowest BCUT2D eigenvalue weighted by atomic mass is 10.3. The van der Waals surface area contributed by atoms with Crippen LogP contribution in [0.2, 0.25) is 0 Å². The SMILES string of the molecule is COCCC(C)OCCOC(C)CCNC(=O)NCCOCCN. The van der Waals surface area contributed by atoms with Crippen LogP contribution in [0.15, 0.2) is 0 Å². The number of urea groups is 1. The second kappa shape index (κ2) is 16.9. The first-order chi connectivity index (χ1) is 11.6. The van der Waals surface area contributed by atoms with E-state index in [0.717, 1.165) is 12.8 Å². The Morgan fingerprint density at radius 3 is 2.17 bits per heavy atom. The zero-order valence-electron chi connectivity index (χ0n) is 15.3. The molecule has 8 nitrogen and oxygen atoms in total. The van der Waals surface area contributed by atoms with Crippen molar-refractivity contribution in [2.45, 2.75) is 38.9 Å². The Hall–Kier alpha value is -0.930. The molecule has 0 saturated heterocycles. The first kappa shape index (κ1) is 23.1. The Kier molecular flexibility index (Phi) is 16.3. The number of nitrogens with one attached hydrogen (secondary N) is 2. The van der Waals surface area contributed by atoms with Gasteiger partial charge in [0.25, 0.3) is 0 Å². The molecule has 0 radical (unpaired) electrons. The van der Waals surface area contributed by atoms with Crippen molar-refractivity contribution < 1.29 is 23.7 Å². The second-order valence-corrected chi connectivity index (χ2v) is 5.52. The fraction of sp³-hybridized carbons (Fsp3) is 0.938. The summed E-state index contributed by atoms with van der Waals surface area (Å²) in [5.74, 6) is 0. The number of hydrogen-bond donors (Lipinski definition) is 3. The molecule has 2 unspecified atom stereocenters. The monoisotopic (exact) mass is 349 g/mol. The number of methoxy groups -OCH3 is 1. The van der Waals surface area contributed by atoms with Crippen molar-refractivity contribution in [3.05, 3.63) is 0 Å². The van der Waals surface area contributed by atoms with Gasteiger partial charge >= 0.3 is 6.03 Å². The maximum Gasteiger partial charge on any atom is 0.314 e. The highest BCUT2D eigenvalue weighted by atomic mass is 16.5. The fourth-order valence-electron chi connectivity index (χ4n) is 1.82. The summed E-state index contributed by atoms with van der Waals surface area (Å²) in [6, 6.07) is -0.200. The zero-order valence-corrected chi connectivity index (χ0v) is 15.3. The van der Waals surface area contributed by atoms with Crippen molar-refractivity contribution in [1.29, 1.82) is 0 Å². The molecule has 0 aliphatic rings. The van der Waals surface area contributed by atoms with Crippen molar-refractivity contribution in [2.75, 3.05) is 59.8 Å². The van der Waals surface area contributed by atoms with Crippen LogP contribution in [0.25, 0.3) is 0 Å². The number of hydrogen-bond acceptors (Lipinski definition) is 6. The van der Waals surface area contributed by atoms with Gasteiger partial charge in [0, 0.05) is 33.4 Å². The summed E-state index contributed by atoms with van der Waals surface area (Å²) in [7, 11) is 1.68. The highest BCUT2D eigenvalue weighted by Gasteiger charge is 2.06. The molecule has 0 aromatic heterocycles. The molecule has 144 valence electrons. The van der Waals surface area contributed by atoms with Crippen LogP contribution < -0.4 is 16.4 Å². The molecule has 0 aliphatic carbocycles. The molecule has 2 atom stereocenters. The molecule has 0 spiro atoms. The number of amides is 2. The van der Waals surface area contributed by atoms with Crippen LogP contribution in [0.4, 0.5) is 4.79 Å². The van der Waals surface area contributed by atoms with Crippen LogP contribution in [-0.2, 0) is 18.9 Å². The van der Waals surface area contributed by atoms with Gasteiger partial charge in [0.05, 0.1) is 38.6 Å². The molecule has 0 rings (SSSR count). The maximum absolute atomic E-state index is 11.5. The summed E-state index contributed by atoms with van der Waals surface area (Å²) in [6.07, 6.45) is 1.86. The summed E-state index contributed by atoms with van der Waals surface area (Å²) >= 11 is 0. The summed E-state index contributed by atoms with van der Waals surface area (Å²) < 4.78 is 21.4. The lowest BCUT2D eigenvalue weighted by Crippen LogP contribution is -2.38. The summed E-state index contributed by atoms with van der Waals surface area (Å²) in [5.41, 5.74) is 5.29. The molecule has 0 aliphatic heterocycles. The van der Waals surface area contributed by atoms with E-state index in [1.807, 2.05) is 13.8 Å². The largest absolute Gasteiger partial charge is 0.385 e. The first-order valence-electron chi connectivity index (χ1n) is 8.61. The molecule has 0 heterocycles. The van der Waals surface area contributed by atoms with E-state index in [9.17, 15) is 4.79 Å². The van der Waals surface area contributed by atoms with E-state index in [1.54, 1.807) is 7.11 Å². The predicted octanol–water partition coefficient (Wildman–Crippen LogP) is 0.498. The Labute approximate surface area is 145 Å². The number of ether oxygens (including phenoxy) is 4. The fourth-order valence-corrected chi connectivity index (χ4v) is 1.82. The van der Waals surface area contributed by atoms with Crippen LogP contribution in [-0.4, -0.2) is 78.0 Å². The molecule has 8 heteroatoms. The third kappa shape index (κ3) is 15.9. The minimum absolute atomic E-state index is 0.0658. The van der Waals surface area contributed by atoms with Gasteiger partial charge < -0.3 is 35.3 Å². The van der Waals surface area contributed by atoms with Crippen molar-refractivity contribution in [2.24, 2.45) is 5.73 Å². The van der Waals surface area contributed by atoms with Gasteiger partial charge in [-0.15, -0.1) is 0 Å². The zero-order chi connectivity index (χ0) is 18.0. The number of carbonyl (C=O) groups excluding carboxylic acids is 1. The molecular formula is C16H35N3O5. The van der Waals surface area contributed by atoms with E-state index in [2.05, 4.69) is 10.6 Å². The Morgan fingerprint density at radius 1 is 0.917 bits per heavy atom. The molecule has 0 aromatic carbocycles. The van der Waals surface area contributed by atoms with Crippen molar-refractivity contribution in [3.8, 4) is 0 Å². The normalized spacial score (nSPS) is 13.5. The van der Waals surface area contributed by atoms with Crippen LogP contribution in [0.1, 0.15) is 26.7 Å². The Balaban J connectivity index is 3.42. The van der Waals surface area contributed by atoms with Crippen LogP contribution in [0.5, 0.6) is 0 Å². The summed E-state index contributed by atoms with van der Waals surface area (Å²) in [4.78, 5) is 11.5. The molecular weight excluding hydrogens is 314 g/mol. The topological polar surface area (TPSA) is 104 Å². The molecule has 24 heavy (non-hydrogen) atoms. The lowest BCUT2D eigenvalue weighted by Gasteiger charge is -2.16. The van der Waals surface area contributed by atoms with Crippen molar-refractivity contribution >= 4 is 6.03 Å². The summed E-state index contributed by atoms with van der Waals surface area (Å²) in [6.45, 7) is 8.29.